The summed E-state index contributed by atoms with van der Waals surface area (Å²) in [4.78, 5) is 29.6. The van der Waals surface area contributed by atoms with Crippen LogP contribution in [0.4, 0.5) is 0 Å². The molecule has 3 aliphatic rings. The predicted octanol–water partition coefficient (Wildman–Crippen LogP) is 3.75. The van der Waals surface area contributed by atoms with Crippen LogP contribution in [0.15, 0.2) is 30.3 Å². The quantitative estimate of drug-likeness (QED) is 0.724. The molecule has 5 heteroatoms. The van der Waals surface area contributed by atoms with Gasteiger partial charge in [0.2, 0.25) is 0 Å². The molecule has 1 aromatic rings. The van der Waals surface area contributed by atoms with E-state index in [-0.39, 0.29) is 17.3 Å². The Morgan fingerprint density at radius 1 is 1.03 bits per heavy atom. The Morgan fingerprint density at radius 2 is 1.76 bits per heavy atom. The third kappa shape index (κ3) is 2.69. The fourth-order valence-electron chi connectivity index (χ4n) is 5.94. The highest BCUT2D eigenvalue weighted by Crippen LogP contribution is 2.62. The molecule has 0 aromatic heterocycles. The number of hydrogen-bond donors (Lipinski definition) is 0. The van der Waals surface area contributed by atoms with Crippen molar-refractivity contribution in [1.82, 2.24) is 4.90 Å². The Hall–Kier alpha value is -1.88. The van der Waals surface area contributed by atoms with Gasteiger partial charge < -0.3 is 14.4 Å². The van der Waals surface area contributed by atoms with E-state index in [2.05, 4.69) is 20.8 Å². The van der Waals surface area contributed by atoms with E-state index in [1.54, 1.807) is 7.11 Å². The van der Waals surface area contributed by atoms with Crippen LogP contribution in [0.25, 0.3) is 0 Å². The van der Waals surface area contributed by atoms with E-state index in [9.17, 15) is 9.59 Å². The number of fused-ring (bicyclic) bond motifs is 1. The Kier molecular flexibility index (Phi) is 4.80. The largest absolute Gasteiger partial charge is 0.447 e. The van der Waals surface area contributed by atoms with E-state index >= 15 is 0 Å². The van der Waals surface area contributed by atoms with Gasteiger partial charge in [-0.05, 0) is 37.7 Å². The molecule has 29 heavy (non-hydrogen) atoms. The van der Waals surface area contributed by atoms with Gasteiger partial charge in [0.25, 0.3) is 5.91 Å². The van der Waals surface area contributed by atoms with Gasteiger partial charge in [0, 0.05) is 30.9 Å². The zero-order valence-electron chi connectivity index (χ0n) is 18.1. The van der Waals surface area contributed by atoms with Crippen molar-refractivity contribution in [3.8, 4) is 0 Å². The Labute approximate surface area is 173 Å². The highest BCUT2D eigenvalue weighted by Gasteiger charge is 2.72. The first-order valence-electron chi connectivity index (χ1n) is 10.8. The molecule has 1 aliphatic carbocycles. The highest BCUT2D eigenvalue weighted by atomic mass is 16.6. The van der Waals surface area contributed by atoms with Crippen molar-refractivity contribution in [3.63, 3.8) is 0 Å². The van der Waals surface area contributed by atoms with Crippen LogP contribution in [-0.2, 0) is 25.5 Å². The van der Waals surface area contributed by atoms with Crippen LogP contribution in [-0.4, -0.2) is 48.2 Å². The number of ether oxygens (including phenoxy) is 2. The highest BCUT2D eigenvalue weighted by molar-refractivity contribution is 5.99. The fourth-order valence-corrected chi connectivity index (χ4v) is 5.94. The lowest BCUT2D eigenvalue weighted by atomic mass is 9.62. The van der Waals surface area contributed by atoms with Crippen LogP contribution in [0.2, 0.25) is 0 Å². The summed E-state index contributed by atoms with van der Waals surface area (Å²) in [6, 6.07) is 9.98. The average molecular weight is 400 g/mol. The van der Waals surface area contributed by atoms with Gasteiger partial charge in [-0.25, -0.2) is 4.79 Å². The molecule has 0 radical (unpaired) electrons. The number of esters is 1. The monoisotopic (exact) mass is 399 g/mol. The summed E-state index contributed by atoms with van der Waals surface area (Å²) >= 11 is 0. The summed E-state index contributed by atoms with van der Waals surface area (Å²) in [6.07, 6.45) is 4.40. The lowest BCUT2D eigenvalue weighted by molar-refractivity contribution is -0.224. The number of nitrogens with zero attached hydrogens (tertiary/aromatic N) is 1. The second-order valence-corrected chi connectivity index (χ2v) is 9.94. The van der Waals surface area contributed by atoms with Crippen molar-refractivity contribution in [3.05, 3.63) is 35.9 Å². The maximum Gasteiger partial charge on any atom is 0.333 e. The number of carbonyl (C=O) groups is 2. The van der Waals surface area contributed by atoms with Gasteiger partial charge in [-0.3, -0.25) is 4.79 Å². The molecule has 2 heterocycles. The van der Waals surface area contributed by atoms with Crippen LogP contribution >= 0.6 is 0 Å². The minimum atomic E-state index is -1.10. The Bertz CT molecular complexity index is 806. The second kappa shape index (κ2) is 6.83. The molecule has 1 aromatic carbocycles. The van der Waals surface area contributed by atoms with E-state index in [1.165, 1.54) is 0 Å². The number of benzene rings is 1. The number of rotatable bonds is 4. The maximum absolute atomic E-state index is 14.0. The molecule has 3 atom stereocenters. The first-order chi connectivity index (χ1) is 13.7. The summed E-state index contributed by atoms with van der Waals surface area (Å²) in [5.41, 5.74) is -1.66. The van der Waals surface area contributed by atoms with E-state index < -0.39 is 16.6 Å². The zero-order valence-corrected chi connectivity index (χ0v) is 18.1. The van der Waals surface area contributed by atoms with Gasteiger partial charge in [-0.1, -0.05) is 51.1 Å². The molecule has 0 bridgehead atoms. The average Bonchev–Trinajstić information content (AvgIpc) is 2.89. The molecule has 2 aliphatic heterocycles. The van der Waals surface area contributed by atoms with Crippen LogP contribution in [0.1, 0.15) is 58.4 Å². The molecule has 2 saturated heterocycles. The van der Waals surface area contributed by atoms with Gasteiger partial charge in [0.1, 0.15) is 5.54 Å². The van der Waals surface area contributed by atoms with Crippen molar-refractivity contribution in [1.29, 1.82) is 0 Å². The van der Waals surface area contributed by atoms with Gasteiger partial charge in [0.05, 0.1) is 6.61 Å². The molecule has 1 spiro atoms. The molecular formula is C24H33NO4. The molecule has 5 nitrogen and oxygen atoms in total. The predicted molar refractivity (Wildman–Crippen MR) is 110 cm³/mol. The smallest absolute Gasteiger partial charge is 0.333 e. The van der Waals surface area contributed by atoms with E-state index in [1.807, 2.05) is 35.2 Å². The minimum Gasteiger partial charge on any atom is -0.447 e. The molecule has 4 rings (SSSR count). The van der Waals surface area contributed by atoms with E-state index in [4.69, 9.17) is 9.47 Å². The molecule has 0 unspecified atom stereocenters. The fraction of sp³-hybridized carbons (Fsp3) is 0.667. The summed E-state index contributed by atoms with van der Waals surface area (Å²) < 4.78 is 11.8. The minimum absolute atomic E-state index is 0.00226. The lowest BCUT2D eigenvalue weighted by Crippen LogP contribution is -2.74. The van der Waals surface area contributed by atoms with Crippen LogP contribution in [0.3, 0.4) is 0 Å². The van der Waals surface area contributed by atoms with Gasteiger partial charge in [-0.2, -0.15) is 0 Å². The van der Waals surface area contributed by atoms with Crippen molar-refractivity contribution in [2.24, 2.45) is 10.8 Å². The van der Waals surface area contributed by atoms with Crippen molar-refractivity contribution < 1.29 is 19.1 Å². The van der Waals surface area contributed by atoms with Gasteiger partial charge in [-0.15, -0.1) is 0 Å². The molecule has 158 valence electrons. The molecule has 1 saturated carbocycles. The summed E-state index contributed by atoms with van der Waals surface area (Å²) in [7, 11) is 1.69. The first kappa shape index (κ1) is 20.4. The van der Waals surface area contributed by atoms with Gasteiger partial charge in [0.15, 0.2) is 5.60 Å². The summed E-state index contributed by atoms with van der Waals surface area (Å²) in [5, 5.41) is 0. The number of morpholine rings is 1. The maximum atomic E-state index is 14.0. The first-order valence-corrected chi connectivity index (χ1v) is 10.8. The normalized spacial score (nSPS) is 36.2. The second-order valence-electron chi connectivity index (χ2n) is 9.94. The third-order valence-electron chi connectivity index (χ3n) is 8.33. The number of hydrogen-bond acceptors (Lipinski definition) is 4. The number of carbonyl (C=O) groups excluding carboxylic acids is 2. The van der Waals surface area contributed by atoms with Gasteiger partial charge >= 0.3 is 5.97 Å². The third-order valence-corrected chi connectivity index (χ3v) is 8.33. The SMILES string of the molecule is COC[C@]1(C)CC[C@]2(OC(=O)[C@@]3(Cc4ccccc4)CCCCN3C2=O)C1(C)C. The topological polar surface area (TPSA) is 55.8 Å². The summed E-state index contributed by atoms with van der Waals surface area (Å²) in [5.74, 6) is -0.229. The number of amides is 1. The summed E-state index contributed by atoms with van der Waals surface area (Å²) in [6.45, 7) is 7.45. The zero-order chi connectivity index (χ0) is 20.9. The van der Waals surface area contributed by atoms with E-state index in [0.29, 0.717) is 32.4 Å². The van der Waals surface area contributed by atoms with E-state index in [0.717, 1.165) is 24.8 Å². The standard InChI is InChI=1S/C24H33NO4/c1-21(2)22(3,17-28-4)13-14-24(21)19(26)25-15-9-8-12-23(25,20(27)29-24)16-18-10-6-5-7-11-18/h5-7,10-11H,8-9,12-17H2,1-4H3/t22-,23-,24+/m0/s1. The molecule has 3 fully saturated rings. The van der Waals surface area contributed by atoms with Crippen LogP contribution < -0.4 is 0 Å². The molecular weight excluding hydrogens is 366 g/mol. The van der Waals surface area contributed by atoms with Crippen molar-refractivity contribution in [2.45, 2.75) is 70.4 Å². The molecule has 1 amide bonds. The molecule has 0 N–H and O–H groups in total. The Balaban J connectivity index is 1.74. The van der Waals surface area contributed by atoms with Crippen molar-refractivity contribution in [2.75, 3.05) is 20.3 Å². The van der Waals surface area contributed by atoms with Crippen molar-refractivity contribution >= 4 is 11.9 Å². The Morgan fingerprint density at radius 3 is 2.45 bits per heavy atom. The van der Waals surface area contributed by atoms with Crippen LogP contribution in [0, 0.1) is 10.8 Å². The number of methoxy groups -OCH3 is 1. The van der Waals surface area contributed by atoms with Crippen LogP contribution in [0.5, 0.6) is 0 Å². The number of piperidine rings is 1. The lowest BCUT2D eigenvalue weighted by Gasteiger charge is -2.57.